The van der Waals surface area contributed by atoms with Gasteiger partial charge < -0.3 is 29.4 Å². The lowest BCUT2D eigenvalue weighted by atomic mass is 10.0. The number of aromatic hydroxyl groups is 1. The van der Waals surface area contributed by atoms with Gasteiger partial charge in [0, 0.05) is 18.9 Å². The highest BCUT2D eigenvalue weighted by Crippen LogP contribution is 2.33. The molecule has 2 saturated carbocycles. The highest BCUT2D eigenvalue weighted by molar-refractivity contribution is 5.97. The van der Waals surface area contributed by atoms with Crippen molar-refractivity contribution in [1.29, 1.82) is 0 Å². The van der Waals surface area contributed by atoms with Crippen LogP contribution in [-0.2, 0) is 19.0 Å². The number of methoxy groups -OCH3 is 1. The predicted molar refractivity (Wildman–Crippen MR) is 118 cm³/mol. The largest absolute Gasteiger partial charge is 0.503 e. The molecule has 1 aromatic heterocycles. The molecule has 2 aliphatic carbocycles. The Morgan fingerprint density at radius 2 is 1.85 bits per heavy atom. The van der Waals surface area contributed by atoms with Gasteiger partial charge in [0.2, 0.25) is 0 Å². The topological polar surface area (TPSA) is 116 Å². The van der Waals surface area contributed by atoms with Crippen molar-refractivity contribution in [2.75, 3.05) is 20.3 Å². The van der Waals surface area contributed by atoms with Gasteiger partial charge in [-0.3, -0.25) is 4.79 Å². The molecule has 9 nitrogen and oxygen atoms in total. The minimum atomic E-state index is -0.862. The molecule has 0 aromatic carbocycles. The van der Waals surface area contributed by atoms with E-state index >= 15 is 0 Å². The highest BCUT2D eigenvalue weighted by atomic mass is 16.6. The Kier molecular flexibility index (Phi) is 7.70. The fourth-order valence-electron chi connectivity index (χ4n) is 4.06. The van der Waals surface area contributed by atoms with Gasteiger partial charge in [0.1, 0.15) is 18.2 Å². The molecule has 1 aliphatic heterocycles. The molecule has 3 aliphatic rings. The first kappa shape index (κ1) is 23.8. The van der Waals surface area contributed by atoms with E-state index < -0.39 is 24.0 Å². The molecule has 3 fully saturated rings. The van der Waals surface area contributed by atoms with E-state index in [0.29, 0.717) is 44.3 Å². The lowest BCUT2D eigenvalue weighted by Crippen LogP contribution is -2.46. The maximum absolute atomic E-state index is 12.9. The fourth-order valence-corrected chi connectivity index (χ4v) is 4.06. The second kappa shape index (κ2) is 10.7. The Balaban J connectivity index is 1.43. The van der Waals surface area contributed by atoms with Gasteiger partial charge in [-0.05, 0) is 63.7 Å². The summed E-state index contributed by atoms with van der Waals surface area (Å²) >= 11 is 0. The predicted octanol–water partition coefficient (Wildman–Crippen LogP) is 2.60. The van der Waals surface area contributed by atoms with E-state index in [-0.39, 0.29) is 29.4 Å². The summed E-state index contributed by atoms with van der Waals surface area (Å²) in [5.74, 6) is -0.227. The number of carbonyl (C=O) groups is 2. The molecule has 4 atom stereocenters. The first-order chi connectivity index (χ1) is 16.0. The second-order valence-corrected chi connectivity index (χ2v) is 9.37. The van der Waals surface area contributed by atoms with Gasteiger partial charge in [-0.25, -0.2) is 9.78 Å². The first-order valence-electron chi connectivity index (χ1n) is 11.9. The SMILES string of the molecule is COc1ccnc(C(=O)N[C@H]2CCC[C@H](OCC3CC3)[C@@H](OCC3CC3)[C@H](C)OC2=O)c1O. The standard InChI is InChI=1S/C24H34N2O7/c1-14-22(32-13-16-8-9-16)19(31-12-15-6-7-15)5-3-4-17(24(29)33-14)26-23(28)20-21(27)18(30-2)10-11-25-20/h10-11,14-17,19,22,27H,3-9,12-13H2,1-2H3,(H,26,28)/t14-,17-,19-,22-/m0/s1. The highest BCUT2D eigenvalue weighted by Gasteiger charge is 2.38. The molecule has 182 valence electrons. The van der Waals surface area contributed by atoms with Crippen LogP contribution in [0.15, 0.2) is 12.3 Å². The van der Waals surface area contributed by atoms with Crippen molar-refractivity contribution in [1.82, 2.24) is 10.3 Å². The van der Waals surface area contributed by atoms with Crippen molar-refractivity contribution in [3.8, 4) is 11.5 Å². The van der Waals surface area contributed by atoms with Crippen LogP contribution in [0.2, 0.25) is 0 Å². The van der Waals surface area contributed by atoms with Crippen molar-refractivity contribution in [3.63, 3.8) is 0 Å². The number of hydrogen-bond donors (Lipinski definition) is 2. The van der Waals surface area contributed by atoms with Crippen molar-refractivity contribution in [2.24, 2.45) is 11.8 Å². The van der Waals surface area contributed by atoms with E-state index in [9.17, 15) is 14.7 Å². The molecule has 0 bridgehead atoms. The molecule has 1 saturated heterocycles. The van der Waals surface area contributed by atoms with Gasteiger partial charge in [-0.1, -0.05) is 0 Å². The molecule has 0 unspecified atom stereocenters. The molecule has 2 N–H and O–H groups in total. The summed E-state index contributed by atoms with van der Waals surface area (Å²) in [6.07, 6.45) is 6.84. The zero-order chi connectivity index (χ0) is 23.4. The number of aromatic nitrogens is 1. The minimum Gasteiger partial charge on any atom is -0.503 e. The monoisotopic (exact) mass is 462 g/mol. The van der Waals surface area contributed by atoms with Crippen LogP contribution in [0.4, 0.5) is 0 Å². The van der Waals surface area contributed by atoms with E-state index in [0.717, 1.165) is 0 Å². The molecule has 33 heavy (non-hydrogen) atoms. The number of nitrogens with zero attached hydrogens (tertiary/aromatic N) is 1. The van der Waals surface area contributed by atoms with Crippen LogP contribution >= 0.6 is 0 Å². The summed E-state index contributed by atoms with van der Waals surface area (Å²) < 4.78 is 23.2. The van der Waals surface area contributed by atoms with Crippen molar-refractivity contribution >= 4 is 11.9 Å². The van der Waals surface area contributed by atoms with Gasteiger partial charge in [0.05, 0.1) is 19.8 Å². The lowest BCUT2D eigenvalue weighted by Gasteiger charge is -2.31. The Hall–Kier alpha value is -2.39. The van der Waals surface area contributed by atoms with Gasteiger partial charge in [0.25, 0.3) is 5.91 Å². The van der Waals surface area contributed by atoms with Gasteiger partial charge in [-0.15, -0.1) is 0 Å². The summed E-state index contributed by atoms with van der Waals surface area (Å²) in [6.45, 7) is 3.18. The number of amides is 1. The molecule has 4 rings (SSSR count). The summed E-state index contributed by atoms with van der Waals surface area (Å²) in [5, 5.41) is 12.9. The van der Waals surface area contributed by atoms with Crippen LogP contribution < -0.4 is 10.1 Å². The maximum Gasteiger partial charge on any atom is 0.329 e. The minimum absolute atomic E-state index is 0.132. The van der Waals surface area contributed by atoms with E-state index in [1.807, 2.05) is 6.92 Å². The lowest BCUT2D eigenvalue weighted by molar-refractivity contribution is -0.168. The third kappa shape index (κ3) is 6.35. The summed E-state index contributed by atoms with van der Waals surface area (Å²) in [6, 6.07) is 0.588. The number of nitrogens with one attached hydrogen (secondary N) is 1. The van der Waals surface area contributed by atoms with Crippen molar-refractivity contribution < 1.29 is 33.6 Å². The average Bonchev–Trinajstić information content (AvgIpc) is 3.71. The van der Waals surface area contributed by atoms with Gasteiger partial charge in [0.15, 0.2) is 17.2 Å². The summed E-state index contributed by atoms with van der Waals surface area (Å²) in [4.78, 5) is 29.6. The fraction of sp³-hybridized carbons (Fsp3) is 0.708. The molecule has 0 radical (unpaired) electrons. The average molecular weight is 463 g/mol. The van der Waals surface area contributed by atoms with E-state index in [2.05, 4.69) is 10.3 Å². The zero-order valence-corrected chi connectivity index (χ0v) is 19.3. The molecule has 1 amide bonds. The van der Waals surface area contributed by atoms with Crippen molar-refractivity contribution in [2.45, 2.75) is 76.2 Å². The molecular formula is C24H34N2O7. The number of esters is 1. The Morgan fingerprint density at radius 3 is 2.52 bits per heavy atom. The summed E-state index contributed by atoms with van der Waals surface area (Å²) in [5.41, 5.74) is -0.202. The number of cyclic esters (lactones) is 1. The van der Waals surface area contributed by atoms with Crippen LogP contribution in [0, 0.1) is 11.8 Å². The number of hydrogen-bond acceptors (Lipinski definition) is 8. The Morgan fingerprint density at radius 1 is 1.15 bits per heavy atom. The van der Waals surface area contributed by atoms with E-state index in [1.165, 1.54) is 45.1 Å². The Labute approximate surface area is 194 Å². The second-order valence-electron chi connectivity index (χ2n) is 9.37. The number of ether oxygens (including phenoxy) is 4. The molecule has 9 heteroatoms. The molecule has 2 heterocycles. The van der Waals surface area contributed by atoms with Crippen molar-refractivity contribution in [3.05, 3.63) is 18.0 Å². The smallest absolute Gasteiger partial charge is 0.329 e. The van der Waals surface area contributed by atoms with Crippen LogP contribution in [-0.4, -0.2) is 66.6 Å². The number of rotatable bonds is 9. The quantitative estimate of drug-likeness (QED) is 0.538. The zero-order valence-electron chi connectivity index (χ0n) is 19.3. The molecule has 0 spiro atoms. The number of pyridine rings is 1. The normalized spacial score (nSPS) is 28.2. The van der Waals surface area contributed by atoms with Gasteiger partial charge >= 0.3 is 5.97 Å². The third-order valence-corrected chi connectivity index (χ3v) is 6.49. The maximum atomic E-state index is 12.9. The Bertz CT molecular complexity index is 840. The summed E-state index contributed by atoms with van der Waals surface area (Å²) in [7, 11) is 1.39. The first-order valence-corrected chi connectivity index (χ1v) is 11.9. The van der Waals surface area contributed by atoms with Crippen LogP contribution in [0.25, 0.3) is 0 Å². The van der Waals surface area contributed by atoms with Crippen LogP contribution in [0.5, 0.6) is 11.5 Å². The third-order valence-electron chi connectivity index (χ3n) is 6.49. The van der Waals surface area contributed by atoms with E-state index in [4.69, 9.17) is 18.9 Å². The molecular weight excluding hydrogens is 428 g/mol. The van der Waals surface area contributed by atoms with E-state index in [1.54, 1.807) is 0 Å². The number of carbonyl (C=O) groups excluding carboxylic acids is 2. The molecule has 1 aromatic rings. The van der Waals surface area contributed by atoms with Gasteiger partial charge in [-0.2, -0.15) is 0 Å². The van der Waals surface area contributed by atoms with Crippen LogP contribution in [0.3, 0.4) is 0 Å². The van der Waals surface area contributed by atoms with Crippen LogP contribution in [0.1, 0.15) is 62.4 Å².